The summed E-state index contributed by atoms with van der Waals surface area (Å²) < 4.78 is 0. The highest BCUT2D eigenvalue weighted by Crippen LogP contribution is 2.33. The molecule has 1 aliphatic rings. The van der Waals surface area contributed by atoms with E-state index in [2.05, 4.69) is 5.32 Å². The van der Waals surface area contributed by atoms with Crippen LogP contribution in [0, 0.1) is 0 Å². The highest BCUT2D eigenvalue weighted by atomic mass is 32.2. The van der Waals surface area contributed by atoms with Crippen LogP contribution in [0.4, 0.5) is 4.79 Å². The third-order valence-corrected chi connectivity index (χ3v) is 4.77. The number of amides is 3. The third kappa shape index (κ3) is 4.52. The van der Waals surface area contributed by atoms with Gasteiger partial charge in [-0.05, 0) is 6.42 Å². The summed E-state index contributed by atoms with van der Waals surface area (Å²) in [6.45, 7) is 2.28. The van der Waals surface area contributed by atoms with Gasteiger partial charge in [0.25, 0.3) is 0 Å². The first-order valence-electron chi connectivity index (χ1n) is 7.00. The molecule has 7 nitrogen and oxygen atoms in total. The van der Waals surface area contributed by atoms with E-state index in [0.29, 0.717) is 5.75 Å². The molecule has 0 spiro atoms. The predicted molar refractivity (Wildman–Crippen MR) is 81.1 cm³/mol. The lowest BCUT2D eigenvalue weighted by molar-refractivity contribution is -0.141. The number of carbonyl (C=O) groups excluding carboxylic acids is 2. The Bertz CT molecular complexity index is 405. The largest absolute Gasteiger partial charge is 0.480 e. The van der Waals surface area contributed by atoms with Crippen molar-refractivity contribution in [2.24, 2.45) is 0 Å². The first-order chi connectivity index (χ1) is 9.92. The summed E-state index contributed by atoms with van der Waals surface area (Å²) in [5.41, 5.74) is 0. The van der Waals surface area contributed by atoms with Crippen LogP contribution in [0.2, 0.25) is 0 Å². The van der Waals surface area contributed by atoms with Crippen molar-refractivity contribution in [2.45, 2.75) is 37.6 Å². The summed E-state index contributed by atoms with van der Waals surface area (Å²) in [5.74, 6) is -0.714. The van der Waals surface area contributed by atoms with Crippen LogP contribution in [0.25, 0.3) is 0 Å². The summed E-state index contributed by atoms with van der Waals surface area (Å²) in [6, 6.07) is -1.11. The van der Waals surface area contributed by atoms with Crippen molar-refractivity contribution in [1.82, 2.24) is 15.1 Å². The molecule has 2 N–H and O–H groups in total. The molecule has 3 amide bonds. The molecule has 1 rings (SSSR count). The Kier molecular flexibility index (Phi) is 6.80. The van der Waals surface area contributed by atoms with Gasteiger partial charge in [-0.2, -0.15) is 0 Å². The van der Waals surface area contributed by atoms with Gasteiger partial charge in [-0.15, -0.1) is 11.8 Å². The van der Waals surface area contributed by atoms with Crippen molar-refractivity contribution in [2.75, 3.05) is 26.4 Å². The zero-order valence-corrected chi connectivity index (χ0v) is 13.5. The zero-order valence-electron chi connectivity index (χ0n) is 12.7. The fourth-order valence-corrected chi connectivity index (χ4v) is 3.67. The lowest BCUT2D eigenvalue weighted by Crippen LogP contribution is -2.51. The number of carbonyl (C=O) groups is 3. The molecule has 2 unspecified atom stereocenters. The number of hydrogen-bond acceptors (Lipinski definition) is 4. The predicted octanol–water partition coefficient (Wildman–Crippen LogP) is 0.803. The SMILES string of the molecule is CCCC1SCC(C(=O)O)N1C(=O)N(C)CCC(=O)NC. The minimum Gasteiger partial charge on any atom is -0.480 e. The van der Waals surface area contributed by atoms with Crippen LogP contribution in [0.15, 0.2) is 0 Å². The monoisotopic (exact) mass is 317 g/mol. The topological polar surface area (TPSA) is 90.0 Å². The van der Waals surface area contributed by atoms with Crippen molar-refractivity contribution in [1.29, 1.82) is 0 Å². The molecule has 1 heterocycles. The summed E-state index contributed by atoms with van der Waals surface area (Å²) >= 11 is 1.50. The Morgan fingerprint density at radius 2 is 2.10 bits per heavy atom. The van der Waals surface area contributed by atoms with Crippen molar-refractivity contribution in [3.8, 4) is 0 Å². The second-order valence-electron chi connectivity index (χ2n) is 4.97. The van der Waals surface area contributed by atoms with E-state index < -0.39 is 12.0 Å². The molecule has 1 saturated heterocycles. The number of aliphatic carboxylic acids is 1. The maximum atomic E-state index is 12.5. The summed E-state index contributed by atoms with van der Waals surface area (Å²) in [5, 5.41) is 11.7. The summed E-state index contributed by atoms with van der Waals surface area (Å²) in [4.78, 5) is 37.9. The molecule has 8 heteroatoms. The van der Waals surface area contributed by atoms with Crippen LogP contribution in [0.1, 0.15) is 26.2 Å². The summed E-state index contributed by atoms with van der Waals surface area (Å²) in [6.07, 6.45) is 1.86. The molecule has 0 aliphatic carbocycles. The van der Waals surface area contributed by atoms with Crippen LogP contribution in [-0.4, -0.2) is 70.6 Å². The lowest BCUT2D eigenvalue weighted by atomic mass is 10.2. The molecule has 0 radical (unpaired) electrons. The fourth-order valence-electron chi connectivity index (χ4n) is 2.17. The van der Waals surface area contributed by atoms with Gasteiger partial charge in [0.05, 0.1) is 5.37 Å². The molecule has 0 bridgehead atoms. The second kappa shape index (κ2) is 8.11. The Balaban J connectivity index is 2.73. The van der Waals surface area contributed by atoms with Gasteiger partial charge in [0.1, 0.15) is 6.04 Å². The number of rotatable bonds is 6. The van der Waals surface area contributed by atoms with E-state index in [-0.39, 0.29) is 30.3 Å². The first kappa shape index (κ1) is 17.6. The number of carboxylic acids is 1. The average molecular weight is 317 g/mol. The second-order valence-corrected chi connectivity index (χ2v) is 6.18. The van der Waals surface area contributed by atoms with Crippen LogP contribution in [-0.2, 0) is 9.59 Å². The molecule has 0 aromatic heterocycles. The van der Waals surface area contributed by atoms with Gasteiger partial charge in [-0.25, -0.2) is 9.59 Å². The first-order valence-corrected chi connectivity index (χ1v) is 8.05. The van der Waals surface area contributed by atoms with Gasteiger partial charge in [0, 0.05) is 32.8 Å². The maximum Gasteiger partial charge on any atom is 0.327 e. The van der Waals surface area contributed by atoms with Crippen LogP contribution < -0.4 is 5.32 Å². The van der Waals surface area contributed by atoms with Crippen molar-refractivity contribution < 1.29 is 19.5 Å². The molecule has 120 valence electrons. The molecule has 0 saturated carbocycles. The number of thioether (sulfide) groups is 1. The summed E-state index contributed by atoms with van der Waals surface area (Å²) in [7, 11) is 3.13. The van der Waals surface area contributed by atoms with Gasteiger partial charge in [-0.3, -0.25) is 9.69 Å². The van der Waals surface area contributed by atoms with Gasteiger partial charge >= 0.3 is 12.0 Å². The lowest BCUT2D eigenvalue weighted by Gasteiger charge is -2.31. The zero-order chi connectivity index (χ0) is 16.0. The van der Waals surface area contributed by atoms with Crippen molar-refractivity contribution in [3.05, 3.63) is 0 Å². The quantitative estimate of drug-likeness (QED) is 0.756. The molecule has 1 aliphatic heterocycles. The van der Waals surface area contributed by atoms with E-state index in [1.165, 1.54) is 21.6 Å². The van der Waals surface area contributed by atoms with Crippen LogP contribution >= 0.6 is 11.8 Å². The number of carboxylic acid groups (broad SMARTS) is 1. The Morgan fingerprint density at radius 1 is 1.43 bits per heavy atom. The van der Waals surface area contributed by atoms with Gasteiger partial charge in [-0.1, -0.05) is 13.3 Å². The number of nitrogens with zero attached hydrogens (tertiary/aromatic N) is 2. The van der Waals surface area contributed by atoms with E-state index in [0.717, 1.165) is 12.8 Å². The highest BCUT2D eigenvalue weighted by Gasteiger charge is 2.42. The van der Waals surface area contributed by atoms with E-state index >= 15 is 0 Å². The maximum absolute atomic E-state index is 12.5. The van der Waals surface area contributed by atoms with Gasteiger partial charge in [0.15, 0.2) is 0 Å². The number of nitrogens with one attached hydrogen (secondary N) is 1. The minimum absolute atomic E-state index is 0.106. The molecule has 21 heavy (non-hydrogen) atoms. The highest BCUT2D eigenvalue weighted by molar-refractivity contribution is 8.00. The third-order valence-electron chi connectivity index (χ3n) is 3.41. The van der Waals surface area contributed by atoms with E-state index in [9.17, 15) is 19.5 Å². The standard InChI is InChI=1S/C13H23N3O4S/c1-4-5-11-16(9(8-21-11)12(18)19)13(20)15(3)7-6-10(17)14-2/h9,11H,4-8H2,1-3H3,(H,14,17)(H,18,19). The molecular formula is C13H23N3O4S. The van der Waals surface area contributed by atoms with Crippen molar-refractivity contribution in [3.63, 3.8) is 0 Å². The normalized spacial score (nSPS) is 21.2. The van der Waals surface area contributed by atoms with Crippen molar-refractivity contribution >= 4 is 29.7 Å². The number of hydrogen-bond donors (Lipinski definition) is 2. The Morgan fingerprint density at radius 3 is 2.62 bits per heavy atom. The molecule has 1 fully saturated rings. The Labute approximate surface area is 129 Å². The molecular weight excluding hydrogens is 294 g/mol. The van der Waals surface area contributed by atoms with Gasteiger partial charge in [0.2, 0.25) is 5.91 Å². The smallest absolute Gasteiger partial charge is 0.327 e. The van der Waals surface area contributed by atoms with E-state index in [1.807, 2.05) is 6.92 Å². The van der Waals surface area contributed by atoms with Gasteiger partial charge < -0.3 is 15.3 Å². The van der Waals surface area contributed by atoms with Crippen LogP contribution in [0.5, 0.6) is 0 Å². The molecule has 0 aromatic carbocycles. The fraction of sp³-hybridized carbons (Fsp3) is 0.769. The minimum atomic E-state index is -0.978. The Hall–Kier alpha value is -1.44. The van der Waals surface area contributed by atoms with Crippen LogP contribution in [0.3, 0.4) is 0 Å². The average Bonchev–Trinajstić information content (AvgIpc) is 2.87. The van der Waals surface area contributed by atoms with E-state index in [4.69, 9.17) is 0 Å². The molecule has 2 atom stereocenters. The van der Waals surface area contributed by atoms with E-state index in [1.54, 1.807) is 14.1 Å². The number of urea groups is 1. The molecule has 0 aromatic rings.